The van der Waals surface area contributed by atoms with E-state index in [0.29, 0.717) is 17.4 Å². The molecule has 1 N–H and O–H groups in total. The third-order valence-electron chi connectivity index (χ3n) is 3.93. The molecule has 1 atom stereocenters. The van der Waals surface area contributed by atoms with Gasteiger partial charge in [0.2, 0.25) is 0 Å². The Balaban J connectivity index is 2.12. The second-order valence-corrected chi connectivity index (χ2v) is 6.46. The summed E-state index contributed by atoms with van der Waals surface area (Å²) < 4.78 is 0.818. The molecule has 2 rings (SSSR count). The fourth-order valence-electron chi connectivity index (χ4n) is 2.73. The van der Waals surface area contributed by atoms with Crippen molar-refractivity contribution < 1.29 is 4.79 Å². The first-order valence-corrected chi connectivity index (χ1v) is 8.17. The summed E-state index contributed by atoms with van der Waals surface area (Å²) in [5.41, 5.74) is 0.620. The molecule has 1 aliphatic rings. The molecule has 1 amide bonds. The Morgan fingerprint density at radius 3 is 3.00 bits per heavy atom. The molecule has 0 spiro atoms. The molecular weight excluding hydrogens is 332 g/mol. The van der Waals surface area contributed by atoms with E-state index in [9.17, 15) is 4.79 Å². The number of carbonyl (C=O) groups excluding carboxylic acids is 1. The maximum Gasteiger partial charge on any atom is 0.257 e. The summed E-state index contributed by atoms with van der Waals surface area (Å²) in [5.74, 6) is 0.664. The maximum absolute atomic E-state index is 12.7. The number of hydrogen-bond acceptors (Lipinski definition) is 4. The third-order valence-corrected chi connectivity index (χ3v) is 4.37. The number of halogens is 1. The average Bonchev–Trinajstić information content (AvgIpc) is 2.85. The quantitative estimate of drug-likeness (QED) is 0.882. The lowest BCUT2D eigenvalue weighted by atomic mass is 10.2. The fourth-order valence-corrected chi connectivity index (χ4v) is 3.06. The first-order valence-electron chi connectivity index (χ1n) is 7.38. The van der Waals surface area contributed by atoms with E-state index < -0.39 is 0 Å². The highest BCUT2D eigenvalue weighted by atomic mass is 79.9. The van der Waals surface area contributed by atoms with Crippen LogP contribution in [-0.2, 0) is 0 Å². The van der Waals surface area contributed by atoms with Gasteiger partial charge in [0.05, 0.1) is 5.56 Å². The predicted octanol–water partition coefficient (Wildman–Crippen LogP) is 2.44. The van der Waals surface area contributed by atoms with E-state index in [2.05, 4.69) is 38.2 Å². The van der Waals surface area contributed by atoms with Crippen LogP contribution in [0.1, 0.15) is 30.1 Å². The molecule has 1 saturated heterocycles. The molecule has 1 aliphatic heterocycles. The number of aromatic nitrogens is 1. The van der Waals surface area contributed by atoms with E-state index in [0.717, 1.165) is 30.5 Å². The van der Waals surface area contributed by atoms with Gasteiger partial charge in [-0.05, 0) is 55.4 Å². The zero-order chi connectivity index (χ0) is 15.4. The Bertz CT molecular complexity index is 508. The number of nitrogens with zero attached hydrogens (tertiary/aromatic N) is 3. The number of nitrogens with one attached hydrogen (secondary N) is 1. The molecule has 116 valence electrons. The molecular formula is C15H23BrN4O. The van der Waals surface area contributed by atoms with Crippen LogP contribution in [0.3, 0.4) is 0 Å². The SMILES string of the molecule is CCNc1ncc(Br)cc1C(=O)N(C)CC1CCCN1C. The van der Waals surface area contributed by atoms with Gasteiger partial charge in [0.1, 0.15) is 5.82 Å². The van der Waals surface area contributed by atoms with Gasteiger partial charge in [0, 0.05) is 36.8 Å². The van der Waals surface area contributed by atoms with E-state index in [1.165, 1.54) is 6.42 Å². The first-order chi connectivity index (χ1) is 10.0. The van der Waals surface area contributed by atoms with E-state index in [1.807, 2.05) is 20.0 Å². The number of likely N-dealkylation sites (tertiary alicyclic amines) is 1. The third kappa shape index (κ3) is 3.95. The van der Waals surface area contributed by atoms with E-state index in [1.54, 1.807) is 11.1 Å². The molecule has 5 nitrogen and oxygen atoms in total. The molecule has 6 heteroatoms. The van der Waals surface area contributed by atoms with Crippen LogP contribution in [0.4, 0.5) is 5.82 Å². The Morgan fingerprint density at radius 2 is 2.38 bits per heavy atom. The summed E-state index contributed by atoms with van der Waals surface area (Å²) in [4.78, 5) is 21.1. The molecule has 1 fully saturated rings. The van der Waals surface area contributed by atoms with Gasteiger partial charge < -0.3 is 15.1 Å². The molecule has 1 aromatic rings. The largest absolute Gasteiger partial charge is 0.370 e. The van der Waals surface area contributed by atoms with Gasteiger partial charge in [-0.1, -0.05) is 0 Å². The van der Waals surface area contributed by atoms with Crippen LogP contribution in [0, 0.1) is 0 Å². The second-order valence-electron chi connectivity index (χ2n) is 5.54. The van der Waals surface area contributed by atoms with E-state index in [-0.39, 0.29) is 5.91 Å². The highest BCUT2D eigenvalue weighted by Crippen LogP contribution is 2.21. The summed E-state index contributed by atoms with van der Waals surface area (Å²) in [5, 5.41) is 3.15. The van der Waals surface area contributed by atoms with Crippen molar-refractivity contribution in [2.24, 2.45) is 0 Å². The minimum Gasteiger partial charge on any atom is -0.370 e. The average molecular weight is 355 g/mol. The summed E-state index contributed by atoms with van der Waals surface area (Å²) in [6.45, 7) is 4.61. The van der Waals surface area contributed by atoms with E-state index in [4.69, 9.17) is 0 Å². The monoisotopic (exact) mass is 354 g/mol. The molecule has 21 heavy (non-hydrogen) atoms. The van der Waals surface area contributed by atoms with Crippen molar-refractivity contribution in [1.29, 1.82) is 0 Å². The Kier molecular flexibility index (Phi) is 5.58. The molecule has 1 unspecified atom stereocenters. The Morgan fingerprint density at radius 1 is 1.62 bits per heavy atom. The van der Waals surface area contributed by atoms with Crippen LogP contribution >= 0.6 is 15.9 Å². The van der Waals surface area contributed by atoms with Gasteiger partial charge in [0.25, 0.3) is 5.91 Å². The fraction of sp³-hybridized carbons (Fsp3) is 0.600. The zero-order valence-electron chi connectivity index (χ0n) is 12.9. The minimum absolute atomic E-state index is 0.0139. The number of rotatable bonds is 5. The van der Waals surface area contributed by atoms with Crippen LogP contribution in [0.15, 0.2) is 16.7 Å². The van der Waals surface area contributed by atoms with Crippen LogP contribution in [0.5, 0.6) is 0 Å². The number of anilines is 1. The van der Waals surface area contributed by atoms with Crippen molar-refractivity contribution in [3.8, 4) is 0 Å². The number of carbonyl (C=O) groups is 1. The summed E-state index contributed by atoms with van der Waals surface area (Å²) in [6.07, 6.45) is 4.08. The Labute approximate surface area is 134 Å². The number of amides is 1. The van der Waals surface area contributed by atoms with Crippen molar-refractivity contribution in [2.45, 2.75) is 25.8 Å². The van der Waals surface area contributed by atoms with Gasteiger partial charge in [-0.3, -0.25) is 4.79 Å². The van der Waals surface area contributed by atoms with Crippen molar-refractivity contribution >= 4 is 27.7 Å². The van der Waals surface area contributed by atoms with Crippen molar-refractivity contribution in [3.05, 3.63) is 22.3 Å². The predicted molar refractivity (Wildman–Crippen MR) is 88.7 cm³/mol. The highest BCUT2D eigenvalue weighted by molar-refractivity contribution is 9.10. The number of pyridine rings is 1. The van der Waals surface area contributed by atoms with Gasteiger partial charge in [-0.15, -0.1) is 0 Å². The molecule has 0 radical (unpaired) electrons. The molecule has 0 aliphatic carbocycles. The lowest BCUT2D eigenvalue weighted by Gasteiger charge is -2.26. The molecule has 0 saturated carbocycles. The van der Waals surface area contributed by atoms with Gasteiger partial charge in [-0.2, -0.15) is 0 Å². The highest BCUT2D eigenvalue weighted by Gasteiger charge is 2.25. The lowest BCUT2D eigenvalue weighted by molar-refractivity contribution is 0.0762. The number of hydrogen-bond donors (Lipinski definition) is 1. The smallest absolute Gasteiger partial charge is 0.257 e. The van der Waals surface area contributed by atoms with Gasteiger partial charge in [-0.25, -0.2) is 4.98 Å². The second kappa shape index (κ2) is 7.22. The normalized spacial score (nSPS) is 18.8. The summed E-state index contributed by atoms with van der Waals surface area (Å²) in [7, 11) is 3.99. The molecule has 1 aromatic heterocycles. The van der Waals surface area contributed by atoms with Crippen molar-refractivity contribution in [1.82, 2.24) is 14.8 Å². The van der Waals surface area contributed by atoms with Crippen molar-refractivity contribution in [2.75, 3.05) is 39.0 Å². The van der Waals surface area contributed by atoms with Crippen LogP contribution < -0.4 is 5.32 Å². The van der Waals surface area contributed by atoms with E-state index >= 15 is 0 Å². The topological polar surface area (TPSA) is 48.5 Å². The number of likely N-dealkylation sites (N-methyl/N-ethyl adjacent to an activating group) is 2. The first kappa shape index (κ1) is 16.2. The maximum atomic E-state index is 12.7. The van der Waals surface area contributed by atoms with Crippen LogP contribution in [0.25, 0.3) is 0 Å². The van der Waals surface area contributed by atoms with Gasteiger partial charge >= 0.3 is 0 Å². The standard InChI is InChI=1S/C15H23BrN4O/c1-4-17-14-13(8-11(16)9-18-14)15(21)20(3)10-12-6-5-7-19(12)2/h8-9,12H,4-7,10H2,1-3H3,(H,17,18). The van der Waals surface area contributed by atoms with Crippen molar-refractivity contribution in [3.63, 3.8) is 0 Å². The van der Waals surface area contributed by atoms with Crippen LogP contribution in [-0.4, -0.2) is 60.5 Å². The summed E-state index contributed by atoms with van der Waals surface area (Å²) in [6, 6.07) is 2.30. The summed E-state index contributed by atoms with van der Waals surface area (Å²) >= 11 is 3.39. The zero-order valence-corrected chi connectivity index (χ0v) is 14.5. The minimum atomic E-state index is 0.0139. The Hall–Kier alpha value is -1.14. The molecule has 0 bridgehead atoms. The van der Waals surface area contributed by atoms with Crippen LogP contribution in [0.2, 0.25) is 0 Å². The molecule has 0 aromatic carbocycles. The molecule has 2 heterocycles. The van der Waals surface area contributed by atoms with Gasteiger partial charge in [0.15, 0.2) is 0 Å². The lowest BCUT2D eigenvalue weighted by Crippen LogP contribution is -2.39.